The number of rotatable bonds is 3. The Morgan fingerprint density at radius 3 is 2.86 bits per heavy atom. The Labute approximate surface area is 136 Å². The summed E-state index contributed by atoms with van der Waals surface area (Å²) in [6.45, 7) is 4.28. The molecule has 1 amide bonds. The zero-order valence-corrected chi connectivity index (χ0v) is 14.2. The number of nitrogens with zero attached hydrogens (tertiary/aromatic N) is 1. The van der Waals surface area contributed by atoms with Crippen LogP contribution in [-0.2, 0) is 4.79 Å². The normalized spacial score (nSPS) is 28.0. The molecule has 118 valence electrons. The average molecular weight is 330 g/mol. The molecule has 2 N–H and O–H groups in total. The molecule has 1 saturated carbocycles. The summed E-state index contributed by atoms with van der Waals surface area (Å²) in [5, 5.41) is 7.21. The number of fused-ring (bicyclic) bond motifs is 1. The van der Waals surface area contributed by atoms with Gasteiger partial charge in [0.2, 0.25) is 5.91 Å². The van der Waals surface area contributed by atoms with Crippen molar-refractivity contribution in [1.29, 1.82) is 0 Å². The standard InChI is InChI=1S/C15H23N3OS.ClH/c1-9(2)13-8-16-15(20-13)18-14(19)12-7-10-5-3-4-6-11(10)17-12;/h8-12,17H,3-7H2,1-2H3,(H,16,18,19);1H. The Bertz CT molecular complexity index is 477. The molecule has 0 aromatic carbocycles. The van der Waals surface area contributed by atoms with Gasteiger partial charge in [0.1, 0.15) is 0 Å². The van der Waals surface area contributed by atoms with Crippen molar-refractivity contribution < 1.29 is 4.79 Å². The summed E-state index contributed by atoms with van der Waals surface area (Å²) in [6.07, 6.45) is 7.97. The summed E-state index contributed by atoms with van der Waals surface area (Å²) in [5.41, 5.74) is 0. The van der Waals surface area contributed by atoms with Crippen LogP contribution in [0.2, 0.25) is 0 Å². The highest BCUT2D eigenvalue weighted by atomic mass is 35.5. The van der Waals surface area contributed by atoms with Crippen molar-refractivity contribution in [1.82, 2.24) is 10.3 Å². The second-order valence-corrected chi connectivity index (χ2v) is 7.38. The van der Waals surface area contributed by atoms with E-state index in [1.54, 1.807) is 11.3 Å². The molecule has 6 heteroatoms. The summed E-state index contributed by atoms with van der Waals surface area (Å²) >= 11 is 1.58. The quantitative estimate of drug-likeness (QED) is 0.891. The summed E-state index contributed by atoms with van der Waals surface area (Å²) < 4.78 is 0. The molecule has 3 rings (SSSR count). The van der Waals surface area contributed by atoms with E-state index in [1.807, 2.05) is 6.20 Å². The van der Waals surface area contributed by atoms with E-state index in [-0.39, 0.29) is 24.4 Å². The Hall–Kier alpha value is -0.650. The third-order valence-electron chi connectivity index (χ3n) is 4.50. The highest BCUT2D eigenvalue weighted by molar-refractivity contribution is 7.15. The van der Waals surface area contributed by atoms with Gasteiger partial charge >= 0.3 is 0 Å². The number of amides is 1. The van der Waals surface area contributed by atoms with E-state index in [0.29, 0.717) is 17.9 Å². The van der Waals surface area contributed by atoms with Gasteiger partial charge in [-0.1, -0.05) is 26.7 Å². The SMILES string of the molecule is CC(C)c1cnc(NC(=O)C2CC3CCCCC3N2)s1.Cl. The third kappa shape index (κ3) is 3.76. The molecule has 2 fully saturated rings. The van der Waals surface area contributed by atoms with E-state index in [0.717, 1.165) is 11.6 Å². The van der Waals surface area contributed by atoms with E-state index in [4.69, 9.17) is 0 Å². The predicted molar refractivity (Wildman–Crippen MR) is 89.4 cm³/mol. The number of thiazole rings is 1. The van der Waals surface area contributed by atoms with E-state index in [9.17, 15) is 4.79 Å². The number of hydrogen-bond acceptors (Lipinski definition) is 4. The van der Waals surface area contributed by atoms with Crippen molar-refractivity contribution in [3.63, 3.8) is 0 Å². The monoisotopic (exact) mass is 329 g/mol. The third-order valence-corrected chi connectivity index (χ3v) is 5.72. The summed E-state index contributed by atoms with van der Waals surface area (Å²) in [5.74, 6) is 1.25. The number of halogens is 1. The Morgan fingerprint density at radius 2 is 2.19 bits per heavy atom. The molecular weight excluding hydrogens is 306 g/mol. The van der Waals surface area contributed by atoms with Gasteiger partial charge in [0, 0.05) is 17.1 Å². The molecule has 1 aliphatic heterocycles. The number of carbonyl (C=O) groups is 1. The first-order valence-corrected chi connectivity index (χ1v) is 8.48. The lowest BCUT2D eigenvalue weighted by Crippen LogP contribution is -2.39. The maximum atomic E-state index is 12.3. The number of hydrogen-bond donors (Lipinski definition) is 2. The van der Waals surface area contributed by atoms with Crippen LogP contribution in [0, 0.1) is 5.92 Å². The van der Waals surface area contributed by atoms with Crippen LogP contribution < -0.4 is 10.6 Å². The van der Waals surface area contributed by atoms with Crippen LogP contribution in [0.5, 0.6) is 0 Å². The largest absolute Gasteiger partial charge is 0.303 e. The molecule has 2 heterocycles. The van der Waals surface area contributed by atoms with Gasteiger partial charge in [-0.2, -0.15) is 0 Å². The van der Waals surface area contributed by atoms with E-state index in [2.05, 4.69) is 29.5 Å². The van der Waals surface area contributed by atoms with Crippen molar-refractivity contribution in [3.8, 4) is 0 Å². The molecule has 0 bridgehead atoms. The predicted octanol–water partition coefficient (Wildman–Crippen LogP) is 3.55. The molecule has 3 unspecified atom stereocenters. The van der Waals surface area contributed by atoms with Gasteiger partial charge in [0.15, 0.2) is 5.13 Å². The van der Waals surface area contributed by atoms with Crippen molar-refractivity contribution in [2.24, 2.45) is 5.92 Å². The number of nitrogens with one attached hydrogen (secondary N) is 2. The van der Waals surface area contributed by atoms with Crippen LogP contribution in [-0.4, -0.2) is 23.0 Å². The first-order valence-electron chi connectivity index (χ1n) is 7.66. The van der Waals surface area contributed by atoms with E-state index >= 15 is 0 Å². The fraction of sp³-hybridized carbons (Fsp3) is 0.733. The van der Waals surface area contributed by atoms with Crippen molar-refractivity contribution in [2.75, 3.05) is 5.32 Å². The average Bonchev–Trinajstić information content (AvgIpc) is 3.04. The zero-order chi connectivity index (χ0) is 14.1. The summed E-state index contributed by atoms with van der Waals surface area (Å²) in [7, 11) is 0. The number of aromatic nitrogens is 1. The van der Waals surface area contributed by atoms with Crippen LogP contribution in [0.3, 0.4) is 0 Å². The molecule has 1 aromatic heterocycles. The minimum Gasteiger partial charge on any atom is -0.303 e. The lowest BCUT2D eigenvalue weighted by Gasteiger charge is -2.24. The van der Waals surface area contributed by atoms with Crippen LogP contribution >= 0.6 is 23.7 Å². The molecule has 4 nitrogen and oxygen atoms in total. The minimum absolute atomic E-state index is 0. The van der Waals surface area contributed by atoms with Crippen LogP contribution in [0.4, 0.5) is 5.13 Å². The van der Waals surface area contributed by atoms with E-state index in [1.165, 1.54) is 30.6 Å². The highest BCUT2D eigenvalue weighted by Crippen LogP contribution is 2.33. The van der Waals surface area contributed by atoms with Gasteiger partial charge in [-0.25, -0.2) is 4.98 Å². The Morgan fingerprint density at radius 1 is 1.43 bits per heavy atom. The molecule has 0 radical (unpaired) electrons. The zero-order valence-electron chi connectivity index (χ0n) is 12.6. The second-order valence-electron chi connectivity index (χ2n) is 6.32. The molecule has 3 atom stereocenters. The van der Waals surface area contributed by atoms with Gasteiger partial charge in [0.05, 0.1) is 6.04 Å². The fourth-order valence-electron chi connectivity index (χ4n) is 3.32. The van der Waals surface area contributed by atoms with Gasteiger partial charge in [0.25, 0.3) is 0 Å². The summed E-state index contributed by atoms with van der Waals surface area (Å²) in [6, 6.07) is 0.525. The Balaban J connectivity index is 0.00000161. The first kappa shape index (κ1) is 16.7. The van der Waals surface area contributed by atoms with Gasteiger partial charge in [-0.15, -0.1) is 23.7 Å². The smallest absolute Gasteiger partial charge is 0.243 e. The van der Waals surface area contributed by atoms with E-state index < -0.39 is 0 Å². The van der Waals surface area contributed by atoms with Gasteiger partial charge < -0.3 is 10.6 Å². The lowest BCUT2D eigenvalue weighted by atomic mass is 9.85. The van der Waals surface area contributed by atoms with Crippen LogP contribution in [0.1, 0.15) is 56.7 Å². The highest BCUT2D eigenvalue weighted by Gasteiger charge is 2.38. The maximum absolute atomic E-state index is 12.3. The molecule has 1 aliphatic carbocycles. The minimum atomic E-state index is -0.0329. The van der Waals surface area contributed by atoms with Crippen molar-refractivity contribution >= 4 is 34.8 Å². The van der Waals surface area contributed by atoms with Gasteiger partial charge in [-0.3, -0.25) is 4.79 Å². The topological polar surface area (TPSA) is 54.0 Å². The first-order chi connectivity index (χ1) is 9.63. The molecule has 2 aliphatic rings. The lowest BCUT2D eigenvalue weighted by molar-refractivity contribution is -0.117. The number of anilines is 1. The maximum Gasteiger partial charge on any atom is 0.243 e. The second kappa shape index (κ2) is 7.07. The van der Waals surface area contributed by atoms with Crippen LogP contribution in [0.25, 0.3) is 0 Å². The van der Waals surface area contributed by atoms with Crippen LogP contribution in [0.15, 0.2) is 6.20 Å². The van der Waals surface area contributed by atoms with Crippen molar-refractivity contribution in [3.05, 3.63) is 11.1 Å². The molecular formula is C15H24ClN3OS. The number of carbonyl (C=O) groups excluding carboxylic acids is 1. The summed E-state index contributed by atoms with van der Waals surface area (Å²) in [4.78, 5) is 17.8. The molecule has 1 saturated heterocycles. The molecule has 1 aromatic rings. The Kier molecular flexibility index (Phi) is 5.63. The molecule has 0 spiro atoms. The van der Waals surface area contributed by atoms with Gasteiger partial charge in [-0.05, 0) is 31.1 Å². The molecule has 21 heavy (non-hydrogen) atoms. The van der Waals surface area contributed by atoms with Crippen molar-refractivity contribution in [2.45, 2.75) is 64.0 Å². The fourth-order valence-corrected chi connectivity index (χ4v) is 4.15.